The third kappa shape index (κ3) is 8.53. The maximum atomic E-state index is 10.7. The van der Waals surface area contributed by atoms with Crippen LogP contribution in [0.1, 0.15) is 53.9 Å². The van der Waals surface area contributed by atoms with Crippen LogP contribution in [0.5, 0.6) is 0 Å². The number of nitrogens with one attached hydrogen (secondary N) is 1. The van der Waals surface area contributed by atoms with Gasteiger partial charge in [-0.2, -0.15) is 5.09 Å². The highest BCUT2D eigenvalue weighted by Gasteiger charge is 2.34. The predicted molar refractivity (Wildman–Crippen MR) is 102 cm³/mol. The molecule has 3 nitrogen and oxygen atoms in total. The lowest BCUT2D eigenvalue weighted by Crippen LogP contribution is -2.29. The van der Waals surface area contributed by atoms with E-state index in [2.05, 4.69) is 57.4 Å². The smallest absolute Gasteiger partial charge is 0.206 e. The molecule has 0 amide bonds. The molecule has 0 radical (unpaired) electrons. The van der Waals surface area contributed by atoms with Gasteiger partial charge in [-0.25, -0.2) is 4.89 Å². The van der Waals surface area contributed by atoms with Crippen molar-refractivity contribution in [3.8, 4) is 0 Å². The minimum absolute atomic E-state index is 0.196. The van der Waals surface area contributed by atoms with Gasteiger partial charge in [-0.3, -0.25) is 0 Å². The van der Waals surface area contributed by atoms with E-state index in [1.165, 1.54) is 0 Å². The second kappa shape index (κ2) is 10.2. The Morgan fingerprint density at radius 2 is 1.95 bits per heavy atom. The average Bonchev–Trinajstić information content (AvgIpc) is 2.42. The van der Waals surface area contributed by atoms with Crippen LogP contribution in [0.4, 0.5) is 0 Å². The van der Waals surface area contributed by atoms with Crippen molar-refractivity contribution >= 4 is 20.5 Å². The molecule has 0 aliphatic rings. The summed E-state index contributed by atoms with van der Waals surface area (Å²) in [6.07, 6.45) is 8.44. The van der Waals surface area contributed by atoms with Crippen LogP contribution in [-0.2, 0) is 4.52 Å². The molecule has 2 N–H and O–H groups in total. The normalized spacial score (nSPS) is 20.8. The topological polar surface area (TPSA) is 41.5 Å². The molecular weight excluding hydrogens is 300 g/mol. The molecule has 4 atom stereocenters. The Balaban J connectivity index is 4.64. The molecule has 126 valence electrons. The maximum absolute atomic E-state index is 10.7. The lowest BCUT2D eigenvalue weighted by atomic mass is 10.3. The molecule has 4 unspecified atom stereocenters. The summed E-state index contributed by atoms with van der Waals surface area (Å²) < 4.78 is 6.28. The summed E-state index contributed by atoms with van der Waals surface area (Å²) in [6, 6.07) is 0. The van der Waals surface area contributed by atoms with E-state index in [4.69, 9.17) is 4.52 Å². The van der Waals surface area contributed by atoms with Gasteiger partial charge in [0.1, 0.15) is 6.16 Å². The van der Waals surface area contributed by atoms with Gasteiger partial charge in [-0.05, 0) is 53.6 Å². The molecule has 0 saturated carbocycles. The quantitative estimate of drug-likeness (QED) is 0.337. The minimum atomic E-state index is -2.06. The Bertz CT molecular complexity index is 367. The van der Waals surface area contributed by atoms with E-state index in [0.717, 1.165) is 25.4 Å². The Morgan fingerprint density at radius 1 is 1.33 bits per heavy atom. The molecule has 0 bridgehead atoms. The van der Waals surface area contributed by atoms with Gasteiger partial charge in [0, 0.05) is 7.11 Å². The second-order valence-electron chi connectivity index (χ2n) is 6.02. The highest BCUT2D eigenvalue weighted by atomic mass is 31.2. The summed E-state index contributed by atoms with van der Waals surface area (Å²) >= 11 is 0. The van der Waals surface area contributed by atoms with Crippen LogP contribution < -0.4 is 5.09 Å². The van der Waals surface area contributed by atoms with E-state index in [0.29, 0.717) is 0 Å². The van der Waals surface area contributed by atoms with Crippen molar-refractivity contribution in [3.05, 3.63) is 12.2 Å². The van der Waals surface area contributed by atoms with Crippen molar-refractivity contribution < 1.29 is 9.42 Å². The summed E-state index contributed by atoms with van der Waals surface area (Å²) in [5.74, 6) is 2.40. The summed E-state index contributed by atoms with van der Waals surface area (Å²) in [5.41, 5.74) is 0. The highest BCUT2D eigenvalue weighted by Crippen LogP contribution is 2.56. The van der Waals surface area contributed by atoms with Gasteiger partial charge in [-0.15, -0.1) is 0 Å². The second-order valence-corrected chi connectivity index (χ2v) is 12.6. The third-order valence-corrected chi connectivity index (χ3v) is 9.77. The molecule has 0 aliphatic heterocycles. The van der Waals surface area contributed by atoms with Gasteiger partial charge in [0.2, 0.25) is 7.64 Å². The number of rotatable bonds is 10. The van der Waals surface area contributed by atoms with Crippen LogP contribution in [0.15, 0.2) is 12.2 Å². The van der Waals surface area contributed by atoms with Gasteiger partial charge in [0.05, 0.1) is 18.6 Å². The minimum Gasteiger partial charge on any atom is -0.357 e. The van der Waals surface area contributed by atoms with Gasteiger partial charge in [-0.1, -0.05) is 24.9 Å². The van der Waals surface area contributed by atoms with Gasteiger partial charge < -0.3 is 4.52 Å². The Labute approximate surface area is 133 Å². The molecular formula is C16H36NO2P2+. The van der Waals surface area contributed by atoms with Crippen LogP contribution in [0.2, 0.25) is 0 Å². The predicted octanol–water partition coefficient (Wildman–Crippen LogP) is 4.95. The fourth-order valence-corrected chi connectivity index (χ4v) is 7.18. The first-order valence-electron chi connectivity index (χ1n) is 8.02. The average molecular weight is 336 g/mol. The zero-order valence-electron chi connectivity index (χ0n) is 15.0. The Hall–Kier alpha value is 0.350. The van der Waals surface area contributed by atoms with Crippen molar-refractivity contribution in [1.29, 1.82) is 0 Å². The first kappa shape index (κ1) is 21.4. The molecule has 0 spiro atoms. The van der Waals surface area contributed by atoms with E-state index in [9.17, 15) is 4.89 Å². The fourth-order valence-electron chi connectivity index (χ4n) is 2.10. The molecule has 0 fully saturated rings. The summed E-state index contributed by atoms with van der Waals surface area (Å²) in [4.78, 5) is 10.7. The van der Waals surface area contributed by atoms with Crippen molar-refractivity contribution in [2.45, 2.75) is 65.8 Å². The highest BCUT2D eigenvalue weighted by molar-refractivity contribution is 7.72. The van der Waals surface area contributed by atoms with Crippen LogP contribution in [0, 0.1) is 0 Å². The molecule has 21 heavy (non-hydrogen) atoms. The molecule has 0 saturated heterocycles. The van der Waals surface area contributed by atoms with E-state index < -0.39 is 14.8 Å². The van der Waals surface area contributed by atoms with Gasteiger partial charge in [0.15, 0.2) is 0 Å². The molecule has 0 aromatic heterocycles. The Morgan fingerprint density at radius 3 is 2.43 bits per heavy atom. The van der Waals surface area contributed by atoms with Crippen LogP contribution in [0.25, 0.3) is 0 Å². The maximum Gasteiger partial charge on any atom is 0.206 e. The van der Waals surface area contributed by atoms with E-state index in [1.807, 2.05) is 13.6 Å². The standard InChI is InChI=1S/C16H36NO2P2/c1-8-11-12-13-14-21(7,18)17-16(5)20(6,10-3)19-15(4)9-2/h8,10-11,15-18H,9,12-14H2,1-7H3/q+1/b11-8-. The van der Waals surface area contributed by atoms with Crippen molar-refractivity contribution in [1.82, 2.24) is 5.09 Å². The molecule has 0 rings (SSSR count). The summed E-state index contributed by atoms with van der Waals surface area (Å²) in [5, 5.41) is 3.49. The largest absolute Gasteiger partial charge is 0.357 e. The molecule has 0 aromatic rings. The zero-order chi connectivity index (χ0) is 16.5. The number of hydrogen-bond donors (Lipinski definition) is 2. The number of hydrogen-bond acceptors (Lipinski definition) is 3. The Kier molecular flexibility index (Phi) is 10.4. The van der Waals surface area contributed by atoms with Gasteiger partial charge in [0.25, 0.3) is 0 Å². The molecule has 5 heteroatoms. The number of allylic oxidation sites excluding steroid dienone is 2. The van der Waals surface area contributed by atoms with E-state index in [-0.39, 0.29) is 11.9 Å². The lowest BCUT2D eigenvalue weighted by Gasteiger charge is -2.33. The summed E-state index contributed by atoms with van der Waals surface area (Å²) in [6.45, 7) is 14.7. The number of unbranched alkanes of at least 4 members (excludes halogenated alkanes) is 1. The van der Waals surface area contributed by atoms with Crippen LogP contribution in [0.3, 0.4) is 0 Å². The SMILES string of the molecule is CC=P(C)(OC(C)CC)C(C)N[P+](C)(O)CCC/C=C\C. The zero-order valence-corrected chi connectivity index (χ0v) is 16.8. The van der Waals surface area contributed by atoms with E-state index >= 15 is 0 Å². The molecule has 0 aromatic carbocycles. The van der Waals surface area contributed by atoms with Gasteiger partial charge >= 0.3 is 0 Å². The van der Waals surface area contributed by atoms with Crippen molar-refractivity contribution in [2.75, 3.05) is 19.5 Å². The van der Waals surface area contributed by atoms with E-state index in [1.54, 1.807) is 0 Å². The first-order valence-corrected chi connectivity index (χ1v) is 12.7. The fraction of sp³-hybridized carbons (Fsp3) is 0.812. The molecule has 0 aliphatic carbocycles. The van der Waals surface area contributed by atoms with Crippen molar-refractivity contribution in [2.24, 2.45) is 0 Å². The van der Waals surface area contributed by atoms with Crippen LogP contribution in [-0.4, -0.2) is 42.1 Å². The van der Waals surface area contributed by atoms with Crippen LogP contribution >= 0.6 is 14.8 Å². The first-order chi connectivity index (χ1) is 9.70. The monoisotopic (exact) mass is 336 g/mol. The molecule has 0 heterocycles. The van der Waals surface area contributed by atoms with Crippen molar-refractivity contribution in [3.63, 3.8) is 0 Å². The summed E-state index contributed by atoms with van der Waals surface area (Å²) in [7, 11) is -3.69. The third-order valence-electron chi connectivity index (χ3n) is 3.93. The lowest BCUT2D eigenvalue weighted by molar-refractivity contribution is 0.239.